The molecule has 2 aliphatic carbocycles. The fourth-order valence-corrected chi connectivity index (χ4v) is 5.64. The molecule has 212 valence electrons. The molecule has 0 bridgehead atoms. The predicted octanol–water partition coefficient (Wildman–Crippen LogP) is 5.94. The average molecular weight is 579 g/mol. The molecule has 0 aromatic heterocycles. The second kappa shape index (κ2) is 10.6. The molecule has 0 spiro atoms. The van der Waals surface area contributed by atoms with Gasteiger partial charge < -0.3 is 15.4 Å². The largest absolute Gasteiger partial charge is 0.473 e. The Morgan fingerprint density at radius 1 is 0.500 bits per heavy atom. The first-order valence-electron chi connectivity index (χ1n) is 13.8. The first kappa shape index (κ1) is 26.7. The van der Waals surface area contributed by atoms with Crippen molar-refractivity contribution in [3.05, 3.63) is 159 Å². The Bertz CT molecular complexity index is 2060. The molecule has 0 radical (unpaired) electrons. The van der Waals surface area contributed by atoms with Gasteiger partial charge in [-0.1, -0.05) is 72.8 Å². The van der Waals surface area contributed by atoms with E-state index >= 15 is 0 Å². The van der Waals surface area contributed by atoms with Crippen LogP contribution in [0.1, 0.15) is 74.0 Å². The topological polar surface area (TPSA) is 119 Å². The molecule has 0 saturated carbocycles. The zero-order chi connectivity index (χ0) is 30.4. The van der Waals surface area contributed by atoms with Gasteiger partial charge in [0.15, 0.2) is 29.9 Å². The van der Waals surface area contributed by atoms with Crippen molar-refractivity contribution in [3.8, 4) is 5.75 Å². The highest BCUT2D eigenvalue weighted by Gasteiger charge is 2.32. The molecule has 0 saturated heterocycles. The van der Waals surface area contributed by atoms with E-state index in [0.717, 1.165) is 0 Å². The van der Waals surface area contributed by atoms with Crippen molar-refractivity contribution in [2.24, 2.45) is 0 Å². The van der Waals surface area contributed by atoms with Crippen LogP contribution < -0.4 is 15.4 Å². The molecule has 0 unspecified atom stereocenters. The Hall–Kier alpha value is -6.15. The van der Waals surface area contributed by atoms with Crippen LogP contribution in [0.5, 0.6) is 5.75 Å². The summed E-state index contributed by atoms with van der Waals surface area (Å²) in [4.78, 5) is 65.5. The summed E-state index contributed by atoms with van der Waals surface area (Å²) in [5.41, 5.74) is 3.51. The maximum Gasteiger partial charge on any atom is 0.255 e. The van der Waals surface area contributed by atoms with Crippen LogP contribution in [0, 0.1) is 0 Å². The molecule has 5 aromatic carbocycles. The number of anilines is 2. The molecule has 0 aliphatic heterocycles. The molecule has 5 aromatic rings. The van der Waals surface area contributed by atoms with Gasteiger partial charge >= 0.3 is 0 Å². The Kier molecular flexibility index (Phi) is 6.44. The van der Waals surface area contributed by atoms with Crippen LogP contribution in [-0.4, -0.2) is 35.8 Å². The van der Waals surface area contributed by atoms with E-state index in [1.165, 1.54) is 0 Å². The standard InChI is InChI=1S/C36H22N2O6/c39-32-22-7-1-3-9-24(22)34(41)30-26(32)11-5-13-28(30)37-19-44-21-17-15-20(16-18-21)36(43)38-29-14-6-12-27-31(29)35(42)25-10-4-2-8-23(25)33(27)40/h1-18,37H,19H2,(H,38,43). The van der Waals surface area contributed by atoms with E-state index in [0.29, 0.717) is 50.4 Å². The van der Waals surface area contributed by atoms with Gasteiger partial charge in [-0.25, -0.2) is 0 Å². The molecule has 2 N–H and O–H groups in total. The molecule has 0 heterocycles. The monoisotopic (exact) mass is 578 g/mol. The number of hydrogen-bond acceptors (Lipinski definition) is 7. The molecule has 2 aliphatic rings. The van der Waals surface area contributed by atoms with Gasteiger partial charge in [0.05, 0.1) is 16.8 Å². The van der Waals surface area contributed by atoms with Crippen LogP contribution in [0.2, 0.25) is 0 Å². The highest BCUT2D eigenvalue weighted by atomic mass is 16.5. The highest BCUT2D eigenvalue weighted by molar-refractivity contribution is 6.31. The Labute approximate surface area is 251 Å². The summed E-state index contributed by atoms with van der Waals surface area (Å²) in [6, 6.07) is 29.6. The summed E-state index contributed by atoms with van der Waals surface area (Å²) in [6.45, 7) is -0.00111. The van der Waals surface area contributed by atoms with E-state index in [-0.39, 0.29) is 46.7 Å². The van der Waals surface area contributed by atoms with Crippen molar-refractivity contribution >= 4 is 40.4 Å². The molecule has 0 atom stereocenters. The number of carbonyl (C=O) groups excluding carboxylic acids is 5. The summed E-state index contributed by atoms with van der Waals surface area (Å²) in [6.07, 6.45) is 0. The number of nitrogens with one attached hydrogen (secondary N) is 2. The normalized spacial score (nSPS) is 12.9. The lowest BCUT2D eigenvalue weighted by Crippen LogP contribution is -2.24. The predicted molar refractivity (Wildman–Crippen MR) is 163 cm³/mol. The molecule has 0 fully saturated rings. The van der Waals surface area contributed by atoms with E-state index < -0.39 is 5.91 Å². The van der Waals surface area contributed by atoms with Gasteiger partial charge in [0.1, 0.15) is 5.75 Å². The number of rotatable bonds is 6. The SMILES string of the molecule is O=C(Nc1cccc2c1C(=O)c1ccccc1C2=O)c1ccc(OCNc2cccc3c2C(=O)c2ccccc2C3=O)cc1. The number of carbonyl (C=O) groups is 5. The number of ether oxygens (including phenoxy) is 1. The van der Waals surface area contributed by atoms with E-state index in [1.54, 1.807) is 109 Å². The number of ketones is 4. The maximum atomic E-state index is 13.2. The van der Waals surface area contributed by atoms with Crippen molar-refractivity contribution in [1.82, 2.24) is 0 Å². The van der Waals surface area contributed by atoms with Crippen LogP contribution >= 0.6 is 0 Å². The van der Waals surface area contributed by atoms with E-state index in [9.17, 15) is 24.0 Å². The third-order valence-electron chi connectivity index (χ3n) is 7.77. The van der Waals surface area contributed by atoms with Gasteiger partial charge in [-0.2, -0.15) is 0 Å². The highest BCUT2D eigenvalue weighted by Crippen LogP contribution is 2.33. The lowest BCUT2D eigenvalue weighted by molar-refractivity contribution is 0.0978. The summed E-state index contributed by atoms with van der Waals surface area (Å²) in [7, 11) is 0. The summed E-state index contributed by atoms with van der Waals surface area (Å²) in [5, 5.41) is 5.85. The Morgan fingerprint density at radius 2 is 0.955 bits per heavy atom. The third-order valence-corrected chi connectivity index (χ3v) is 7.77. The van der Waals surface area contributed by atoms with Crippen molar-refractivity contribution in [1.29, 1.82) is 0 Å². The third kappa shape index (κ3) is 4.37. The van der Waals surface area contributed by atoms with E-state index in [1.807, 2.05) is 0 Å². The van der Waals surface area contributed by atoms with Gasteiger partial charge in [0.2, 0.25) is 0 Å². The van der Waals surface area contributed by atoms with Crippen LogP contribution in [-0.2, 0) is 0 Å². The van der Waals surface area contributed by atoms with Gasteiger partial charge in [0, 0.05) is 44.6 Å². The first-order valence-corrected chi connectivity index (χ1v) is 13.8. The van der Waals surface area contributed by atoms with Gasteiger partial charge in [-0.15, -0.1) is 0 Å². The fourth-order valence-electron chi connectivity index (χ4n) is 5.64. The molecule has 8 heteroatoms. The molecule has 7 rings (SSSR count). The molecular formula is C36H22N2O6. The van der Waals surface area contributed by atoms with Gasteiger partial charge in [-0.3, -0.25) is 24.0 Å². The van der Waals surface area contributed by atoms with Crippen LogP contribution in [0.15, 0.2) is 109 Å². The second-order valence-corrected chi connectivity index (χ2v) is 10.3. The quantitative estimate of drug-likeness (QED) is 0.235. The number of benzene rings is 5. The second-order valence-electron chi connectivity index (χ2n) is 10.3. The van der Waals surface area contributed by atoms with Crippen LogP contribution in [0.3, 0.4) is 0 Å². The average Bonchev–Trinajstić information content (AvgIpc) is 3.06. The minimum atomic E-state index is -0.457. The first-order chi connectivity index (χ1) is 21.4. The lowest BCUT2D eigenvalue weighted by atomic mass is 9.83. The van der Waals surface area contributed by atoms with Crippen molar-refractivity contribution < 1.29 is 28.7 Å². The van der Waals surface area contributed by atoms with E-state index in [4.69, 9.17) is 4.74 Å². The Morgan fingerprint density at radius 3 is 1.50 bits per heavy atom. The number of hydrogen-bond donors (Lipinski definition) is 2. The number of amides is 1. The summed E-state index contributed by atoms with van der Waals surface area (Å²) >= 11 is 0. The zero-order valence-electron chi connectivity index (χ0n) is 23.0. The zero-order valence-corrected chi connectivity index (χ0v) is 23.0. The smallest absolute Gasteiger partial charge is 0.255 e. The molecule has 44 heavy (non-hydrogen) atoms. The fraction of sp³-hybridized carbons (Fsp3) is 0.0278. The molecule has 1 amide bonds. The minimum Gasteiger partial charge on any atom is -0.473 e. The van der Waals surface area contributed by atoms with Gasteiger partial charge in [0.25, 0.3) is 5.91 Å². The summed E-state index contributed by atoms with van der Waals surface area (Å²) < 4.78 is 5.80. The number of fused-ring (bicyclic) bond motifs is 4. The lowest BCUT2D eigenvalue weighted by Gasteiger charge is -2.21. The summed E-state index contributed by atoms with van der Waals surface area (Å²) in [5.74, 6) is -1.02. The van der Waals surface area contributed by atoms with Crippen LogP contribution in [0.25, 0.3) is 0 Å². The minimum absolute atomic E-state index is 0.00111. The van der Waals surface area contributed by atoms with E-state index in [2.05, 4.69) is 10.6 Å². The molecule has 8 nitrogen and oxygen atoms in total. The van der Waals surface area contributed by atoms with Gasteiger partial charge in [-0.05, 0) is 36.4 Å². The van der Waals surface area contributed by atoms with Crippen LogP contribution in [0.4, 0.5) is 11.4 Å². The maximum absolute atomic E-state index is 13.2. The molecular weight excluding hydrogens is 556 g/mol. The van der Waals surface area contributed by atoms with Crippen molar-refractivity contribution in [2.75, 3.05) is 17.4 Å². The van der Waals surface area contributed by atoms with Crippen molar-refractivity contribution in [2.45, 2.75) is 0 Å². The Balaban J connectivity index is 1.03. The van der Waals surface area contributed by atoms with Crippen molar-refractivity contribution in [3.63, 3.8) is 0 Å².